The van der Waals surface area contributed by atoms with Gasteiger partial charge in [-0.2, -0.15) is 0 Å². The molecule has 4 nitrogen and oxygen atoms in total. The Kier molecular flexibility index (Phi) is 4.17. The molecule has 1 heterocycles. The van der Waals surface area contributed by atoms with Crippen LogP contribution in [0.5, 0.6) is 0 Å². The molecular weight excluding hydrogens is 286 g/mol. The van der Waals surface area contributed by atoms with E-state index in [1.54, 1.807) is 31.4 Å². The molecule has 0 saturated heterocycles. The third kappa shape index (κ3) is 2.62. The van der Waals surface area contributed by atoms with Gasteiger partial charge in [0.1, 0.15) is 5.56 Å². The van der Waals surface area contributed by atoms with Gasteiger partial charge >= 0.3 is 5.97 Å². The van der Waals surface area contributed by atoms with Crippen molar-refractivity contribution < 1.29 is 9.53 Å². The molecule has 0 saturated carbocycles. The zero-order valence-corrected chi connectivity index (χ0v) is 12.0. The molecule has 1 N–H and O–H groups in total. The van der Waals surface area contributed by atoms with Crippen LogP contribution < -0.4 is 5.43 Å². The Hall–Kier alpha value is -1.46. The van der Waals surface area contributed by atoms with Crippen LogP contribution in [0.2, 0.25) is 5.02 Å². The van der Waals surface area contributed by atoms with Crippen LogP contribution in [0.3, 0.4) is 0 Å². The van der Waals surface area contributed by atoms with Crippen molar-refractivity contribution >= 4 is 40.2 Å². The van der Waals surface area contributed by atoms with Gasteiger partial charge in [-0.25, -0.2) is 4.79 Å². The summed E-state index contributed by atoms with van der Waals surface area (Å²) in [7, 11) is 0. The molecule has 0 fully saturated rings. The normalized spacial score (nSPS) is 10.7. The fourth-order valence-electron chi connectivity index (χ4n) is 1.78. The predicted molar refractivity (Wildman–Crippen MR) is 77.3 cm³/mol. The molecule has 2 rings (SSSR count). The number of fused-ring (bicyclic) bond motifs is 1. The van der Waals surface area contributed by atoms with Crippen molar-refractivity contribution in [1.29, 1.82) is 0 Å². The highest BCUT2D eigenvalue weighted by molar-refractivity contribution is 7.98. The number of benzene rings is 1. The van der Waals surface area contributed by atoms with Crippen LogP contribution in [-0.2, 0) is 4.74 Å². The number of carbonyl (C=O) groups is 1. The molecule has 0 aliphatic carbocycles. The number of ether oxygens (including phenoxy) is 1. The minimum absolute atomic E-state index is 0.0316. The second kappa shape index (κ2) is 5.67. The average Bonchev–Trinajstić information content (AvgIpc) is 2.39. The van der Waals surface area contributed by atoms with Gasteiger partial charge in [0.2, 0.25) is 5.43 Å². The van der Waals surface area contributed by atoms with E-state index in [9.17, 15) is 9.59 Å². The van der Waals surface area contributed by atoms with E-state index in [2.05, 4.69) is 4.98 Å². The average molecular weight is 298 g/mol. The lowest BCUT2D eigenvalue weighted by atomic mass is 10.1. The first kappa shape index (κ1) is 14.0. The molecule has 100 valence electrons. The topological polar surface area (TPSA) is 59.2 Å². The monoisotopic (exact) mass is 297 g/mol. The van der Waals surface area contributed by atoms with Crippen molar-refractivity contribution in [3.63, 3.8) is 0 Å². The molecular formula is C13H12ClNO3S. The van der Waals surface area contributed by atoms with Gasteiger partial charge in [-0.3, -0.25) is 4.79 Å². The summed E-state index contributed by atoms with van der Waals surface area (Å²) in [5.74, 6) is -0.616. The minimum atomic E-state index is -0.616. The first-order valence-corrected chi connectivity index (χ1v) is 7.25. The third-order valence-electron chi connectivity index (χ3n) is 2.61. The highest BCUT2D eigenvalue weighted by Crippen LogP contribution is 2.22. The van der Waals surface area contributed by atoms with Crippen LogP contribution in [-0.4, -0.2) is 23.8 Å². The quantitative estimate of drug-likeness (QED) is 0.698. The maximum atomic E-state index is 12.4. The Bertz CT molecular complexity index is 696. The Morgan fingerprint density at radius 2 is 2.21 bits per heavy atom. The summed E-state index contributed by atoms with van der Waals surface area (Å²) in [4.78, 5) is 27.3. The van der Waals surface area contributed by atoms with Crippen molar-refractivity contribution in [2.45, 2.75) is 11.9 Å². The molecule has 0 spiro atoms. The molecule has 0 radical (unpaired) electrons. The molecule has 1 aromatic heterocycles. The zero-order valence-electron chi connectivity index (χ0n) is 10.5. The van der Waals surface area contributed by atoms with Gasteiger partial charge in [0.05, 0.1) is 17.1 Å². The number of pyridine rings is 1. The van der Waals surface area contributed by atoms with Gasteiger partial charge in [0.25, 0.3) is 0 Å². The van der Waals surface area contributed by atoms with E-state index >= 15 is 0 Å². The van der Waals surface area contributed by atoms with E-state index in [4.69, 9.17) is 16.3 Å². The Morgan fingerprint density at radius 1 is 1.47 bits per heavy atom. The summed E-state index contributed by atoms with van der Waals surface area (Å²) < 4.78 is 4.93. The summed E-state index contributed by atoms with van der Waals surface area (Å²) in [6.07, 6.45) is 1.79. The number of carbonyl (C=O) groups excluding carboxylic acids is 1. The second-order valence-corrected chi connectivity index (χ2v) is 5.03. The number of hydrogen-bond donors (Lipinski definition) is 1. The van der Waals surface area contributed by atoms with Gasteiger partial charge in [-0.05, 0) is 31.4 Å². The molecule has 0 amide bonds. The smallest absolute Gasteiger partial charge is 0.344 e. The number of aromatic nitrogens is 1. The van der Waals surface area contributed by atoms with Crippen LogP contribution in [0.1, 0.15) is 17.3 Å². The largest absolute Gasteiger partial charge is 0.462 e. The lowest BCUT2D eigenvalue weighted by Crippen LogP contribution is -2.20. The number of esters is 1. The number of nitrogens with one attached hydrogen (secondary N) is 1. The SMILES string of the molecule is CCOC(=O)c1c(SC)[nH]c2ccc(Cl)cc2c1=O. The molecule has 0 bridgehead atoms. The van der Waals surface area contributed by atoms with Crippen LogP contribution in [0.15, 0.2) is 28.0 Å². The molecule has 0 unspecified atom stereocenters. The number of halogens is 1. The molecule has 0 aliphatic rings. The van der Waals surface area contributed by atoms with Crippen molar-refractivity contribution in [2.75, 3.05) is 12.9 Å². The maximum Gasteiger partial charge on any atom is 0.344 e. The lowest BCUT2D eigenvalue weighted by molar-refractivity contribution is 0.0520. The van der Waals surface area contributed by atoms with Crippen LogP contribution in [0.4, 0.5) is 0 Å². The maximum absolute atomic E-state index is 12.4. The zero-order chi connectivity index (χ0) is 14.0. The summed E-state index contributed by atoms with van der Waals surface area (Å²) in [6.45, 7) is 1.92. The number of rotatable bonds is 3. The van der Waals surface area contributed by atoms with Crippen LogP contribution in [0, 0.1) is 0 Å². The number of aromatic amines is 1. The van der Waals surface area contributed by atoms with Gasteiger partial charge in [0.15, 0.2) is 0 Å². The minimum Gasteiger partial charge on any atom is -0.462 e. The summed E-state index contributed by atoms with van der Waals surface area (Å²) in [6, 6.07) is 4.95. The highest BCUT2D eigenvalue weighted by Gasteiger charge is 2.19. The van der Waals surface area contributed by atoms with E-state index in [0.29, 0.717) is 21.0 Å². The van der Waals surface area contributed by atoms with Crippen molar-refractivity contribution in [2.24, 2.45) is 0 Å². The highest BCUT2D eigenvalue weighted by atomic mass is 35.5. The number of thioether (sulfide) groups is 1. The van der Waals surface area contributed by atoms with E-state index in [-0.39, 0.29) is 17.6 Å². The van der Waals surface area contributed by atoms with Gasteiger partial charge < -0.3 is 9.72 Å². The van der Waals surface area contributed by atoms with Gasteiger partial charge in [-0.1, -0.05) is 11.6 Å². The number of hydrogen-bond acceptors (Lipinski definition) is 4. The van der Waals surface area contributed by atoms with Crippen molar-refractivity contribution in [3.8, 4) is 0 Å². The summed E-state index contributed by atoms with van der Waals surface area (Å²) in [5, 5.41) is 1.33. The van der Waals surface area contributed by atoms with E-state index in [1.165, 1.54) is 11.8 Å². The Morgan fingerprint density at radius 3 is 2.84 bits per heavy atom. The third-order valence-corrected chi connectivity index (χ3v) is 3.56. The van der Waals surface area contributed by atoms with Gasteiger partial charge in [-0.15, -0.1) is 11.8 Å². The molecule has 0 atom stereocenters. The molecule has 6 heteroatoms. The standard InChI is InChI=1S/C13H12ClNO3S/c1-3-18-13(17)10-11(16)8-6-7(14)4-5-9(8)15-12(10)19-2/h4-6H,3H2,1-2H3,(H,15,16). The molecule has 0 aliphatic heterocycles. The van der Waals surface area contributed by atoms with Crippen molar-refractivity contribution in [3.05, 3.63) is 39.0 Å². The number of H-pyrrole nitrogens is 1. The second-order valence-electron chi connectivity index (χ2n) is 3.77. The van der Waals surface area contributed by atoms with E-state index < -0.39 is 5.97 Å². The van der Waals surface area contributed by atoms with Crippen LogP contribution >= 0.6 is 23.4 Å². The fraction of sp³-hybridized carbons (Fsp3) is 0.231. The van der Waals surface area contributed by atoms with E-state index in [1.807, 2.05) is 0 Å². The molecule has 2 aromatic rings. The Labute approximate surface area is 119 Å². The first-order valence-electron chi connectivity index (χ1n) is 5.65. The summed E-state index contributed by atoms with van der Waals surface area (Å²) in [5.41, 5.74) is 0.315. The first-order chi connectivity index (χ1) is 9.08. The van der Waals surface area contributed by atoms with Crippen molar-refractivity contribution in [1.82, 2.24) is 4.98 Å². The summed E-state index contributed by atoms with van der Waals surface area (Å²) >= 11 is 7.18. The van der Waals surface area contributed by atoms with Crippen LogP contribution in [0.25, 0.3) is 10.9 Å². The van der Waals surface area contributed by atoms with Gasteiger partial charge in [0, 0.05) is 10.4 Å². The fourth-order valence-corrected chi connectivity index (χ4v) is 2.54. The molecule has 19 heavy (non-hydrogen) atoms. The Balaban J connectivity index is 2.77. The predicted octanol–water partition coefficient (Wildman–Crippen LogP) is 3.08. The molecule has 1 aromatic carbocycles. The lowest BCUT2D eigenvalue weighted by Gasteiger charge is -2.08. The van der Waals surface area contributed by atoms with E-state index in [0.717, 1.165) is 0 Å².